The summed E-state index contributed by atoms with van der Waals surface area (Å²) in [7, 11) is -3.65. The smallest absolute Gasteiger partial charge is 0.243 e. The molecule has 6 heteroatoms. The number of para-hydroxylation sites is 1. The van der Waals surface area contributed by atoms with Crippen molar-refractivity contribution in [3.8, 4) is 0 Å². The Balaban J connectivity index is 1.40. The minimum atomic E-state index is -3.65. The molecule has 2 heterocycles. The summed E-state index contributed by atoms with van der Waals surface area (Å²) in [6, 6.07) is 21.1. The zero-order valence-electron chi connectivity index (χ0n) is 17.6. The number of rotatable bonds is 3. The fourth-order valence-electron chi connectivity index (χ4n) is 4.94. The zero-order valence-corrected chi connectivity index (χ0v) is 18.4. The van der Waals surface area contributed by atoms with E-state index in [4.69, 9.17) is 0 Å². The van der Waals surface area contributed by atoms with Crippen LogP contribution in [0, 0.1) is 5.92 Å². The molecule has 0 saturated carbocycles. The van der Waals surface area contributed by atoms with Crippen LogP contribution < -0.4 is 4.90 Å². The van der Waals surface area contributed by atoms with E-state index in [0.29, 0.717) is 24.3 Å². The molecule has 3 aromatic carbocycles. The summed E-state index contributed by atoms with van der Waals surface area (Å²) in [5, 5.41) is 1.91. The monoisotopic (exact) mass is 434 g/mol. The van der Waals surface area contributed by atoms with Crippen LogP contribution in [0.3, 0.4) is 0 Å². The molecule has 1 amide bonds. The van der Waals surface area contributed by atoms with Crippen LogP contribution in [-0.4, -0.2) is 37.8 Å². The molecule has 160 valence electrons. The number of carbonyl (C=O) groups is 1. The Kier molecular flexibility index (Phi) is 5.07. The van der Waals surface area contributed by atoms with Crippen molar-refractivity contribution in [1.29, 1.82) is 0 Å². The minimum absolute atomic E-state index is 0.0378. The number of benzene rings is 3. The lowest BCUT2D eigenvalue weighted by Gasteiger charge is -2.34. The number of fused-ring (bicyclic) bond motifs is 2. The number of amides is 1. The lowest BCUT2D eigenvalue weighted by Crippen LogP contribution is -2.48. The maximum absolute atomic E-state index is 13.5. The molecule has 31 heavy (non-hydrogen) atoms. The van der Waals surface area contributed by atoms with Crippen molar-refractivity contribution in [1.82, 2.24) is 4.31 Å². The molecule has 5 nitrogen and oxygen atoms in total. The van der Waals surface area contributed by atoms with E-state index in [1.807, 2.05) is 53.4 Å². The van der Waals surface area contributed by atoms with Gasteiger partial charge in [-0.25, -0.2) is 8.42 Å². The van der Waals surface area contributed by atoms with Crippen molar-refractivity contribution in [3.05, 3.63) is 72.3 Å². The van der Waals surface area contributed by atoms with Gasteiger partial charge in [0.1, 0.15) is 0 Å². The van der Waals surface area contributed by atoms with Gasteiger partial charge < -0.3 is 4.90 Å². The topological polar surface area (TPSA) is 57.7 Å². The molecule has 2 aliphatic heterocycles. The standard InChI is InChI=1S/C25H26N2O3S/c1-18-15-21-9-4-5-11-24(21)27(18)25(28)22-10-6-14-26(17-22)31(29,30)23-13-12-19-7-2-3-8-20(19)16-23/h2-5,7-9,11-13,16,18,22H,6,10,14-15,17H2,1H3/t18-,22+/m0/s1. The van der Waals surface area contributed by atoms with Crippen molar-refractivity contribution in [2.24, 2.45) is 5.92 Å². The van der Waals surface area contributed by atoms with E-state index in [2.05, 4.69) is 13.0 Å². The van der Waals surface area contributed by atoms with Crippen molar-refractivity contribution >= 4 is 32.4 Å². The van der Waals surface area contributed by atoms with Gasteiger partial charge in [-0.2, -0.15) is 4.31 Å². The lowest BCUT2D eigenvalue weighted by atomic mass is 9.97. The van der Waals surface area contributed by atoms with Crippen LogP contribution in [-0.2, 0) is 21.2 Å². The fraction of sp³-hybridized carbons (Fsp3) is 0.320. The van der Waals surface area contributed by atoms with E-state index >= 15 is 0 Å². The van der Waals surface area contributed by atoms with Gasteiger partial charge in [0.15, 0.2) is 0 Å². The van der Waals surface area contributed by atoms with Crippen LogP contribution in [0.1, 0.15) is 25.3 Å². The van der Waals surface area contributed by atoms with Crippen LogP contribution in [0.2, 0.25) is 0 Å². The Morgan fingerprint density at radius 3 is 2.55 bits per heavy atom. The number of carbonyl (C=O) groups excluding carboxylic acids is 1. The van der Waals surface area contributed by atoms with E-state index in [9.17, 15) is 13.2 Å². The first-order valence-electron chi connectivity index (χ1n) is 10.8. The van der Waals surface area contributed by atoms with Gasteiger partial charge in [-0.3, -0.25) is 4.79 Å². The lowest BCUT2D eigenvalue weighted by molar-refractivity contribution is -0.123. The highest BCUT2D eigenvalue weighted by Gasteiger charge is 2.39. The van der Waals surface area contributed by atoms with Crippen LogP contribution in [0.5, 0.6) is 0 Å². The number of hydrogen-bond acceptors (Lipinski definition) is 3. The van der Waals surface area contributed by atoms with Crippen molar-refractivity contribution in [2.75, 3.05) is 18.0 Å². The van der Waals surface area contributed by atoms with Gasteiger partial charge in [-0.15, -0.1) is 0 Å². The molecule has 1 fully saturated rings. The van der Waals surface area contributed by atoms with Crippen LogP contribution in [0.15, 0.2) is 71.6 Å². The SMILES string of the molecule is C[C@H]1Cc2ccccc2N1C(=O)[C@@H]1CCCN(S(=O)(=O)c2ccc3ccccc3c2)C1. The van der Waals surface area contributed by atoms with Gasteiger partial charge in [0.2, 0.25) is 15.9 Å². The second-order valence-electron chi connectivity index (χ2n) is 8.60. The van der Waals surface area contributed by atoms with E-state index in [1.54, 1.807) is 12.1 Å². The van der Waals surface area contributed by atoms with Gasteiger partial charge in [-0.05, 0) is 60.7 Å². The Labute approximate surface area is 183 Å². The first-order chi connectivity index (χ1) is 14.9. The molecule has 0 aliphatic carbocycles. The summed E-state index contributed by atoms with van der Waals surface area (Å²) in [4.78, 5) is 15.6. The second-order valence-corrected chi connectivity index (χ2v) is 10.5. The molecule has 2 aliphatic rings. The molecule has 0 N–H and O–H groups in total. The first-order valence-corrected chi connectivity index (χ1v) is 12.3. The van der Waals surface area contributed by atoms with E-state index in [-0.39, 0.29) is 24.4 Å². The highest BCUT2D eigenvalue weighted by molar-refractivity contribution is 7.89. The summed E-state index contributed by atoms with van der Waals surface area (Å²) < 4.78 is 28.3. The Morgan fingerprint density at radius 1 is 0.968 bits per heavy atom. The Hall–Kier alpha value is -2.70. The van der Waals surface area contributed by atoms with E-state index in [1.165, 1.54) is 9.87 Å². The van der Waals surface area contributed by atoms with E-state index < -0.39 is 10.0 Å². The normalized spacial score (nSPS) is 21.9. The molecule has 0 radical (unpaired) electrons. The quantitative estimate of drug-likeness (QED) is 0.620. The third kappa shape index (κ3) is 3.54. The highest BCUT2D eigenvalue weighted by atomic mass is 32.2. The Bertz CT molecular complexity index is 1250. The largest absolute Gasteiger partial charge is 0.309 e. The molecule has 0 aromatic heterocycles. The molecule has 0 bridgehead atoms. The molecule has 0 unspecified atom stereocenters. The van der Waals surface area contributed by atoms with Crippen molar-refractivity contribution < 1.29 is 13.2 Å². The van der Waals surface area contributed by atoms with Crippen LogP contribution in [0.25, 0.3) is 10.8 Å². The van der Waals surface area contributed by atoms with Crippen molar-refractivity contribution in [3.63, 3.8) is 0 Å². The molecular formula is C25H26N2O3S. The summed E-state index contributed by atoms with van der Waals surface area (Å²) in [6.45, 7) is 2.74. The number of piperidine rings is 1. The Morgan fingerprint density at radius 2 is 1.71 bits per heavy atom. The van der Waals surface area contributed by atoms with Crippen LogP contribution >= 0.6 is 0 Å². The molecule has 0 spiro atoms. The number of hydrogen-bond donors (Lipinski definition) is 0. The maximum Gasteiger partial charge on any atom is 0.243 e. The molecule has 2 atom stereocenters. The molecule has 1 saturated heterocycles. The molecule has 5 rings (SSSR count). The average molecular weight is 435 g/mol. The van der Waals surface area contributed by atoms with Gasteiger partial charge >= 0.3 is 0 Å². The average Bonchev–Trinajstić information content (AvgIpc) is 3.14. The third-order valence-corrected chi connectivity index (χ3v) is 8.40. The number of sulfonamides is 1. The summed E-state index contributed by atoms with van der Waals surface area (Å²) in [5.41, 5.74) is 2.15. The van der Waals surface area contributed by atoms with Crippen molar-refractivity contribution in [2.45, 2.75) is 37.1 Å². The number of nitrogens with zero attached hydrogens (tertiary/aromatic N) is 2. The summed E-state index contributed by atoms with van der Waals surface area (Å²) in [6.07, 6.45) is 2.24. The van der Waals surface area contributed by atoms with Gasteiger partial charge in [0.25, 0.3) is 0 Å². The van der Waals surface area contributed by atoms with E-state index in [0.717, 1.165) is 22.9 Å². The predicted octanol–water partition coefficient (Wildman–Crippen LogP) is 4.22. The van der Waals surface area contributed by atoms with Gasteiger partial charge in [0.05, 0.1) is 10.8 Å². The second kappa shape index (κ2) is 7.77. The number of anilines is 1. The zero-order chi connectivity index (χ0) is 21.6. The fourth-order valence-corrected chi connectivity index (χ4v) is 6.50. The molecular weight excluding hydrogens is 408 g/mol. The van der Waals surface area contributed by atoms with Gasteiger partial charge in [-0.1, -0.05) is 48.5 Å². The van der Waals surface area contributed by atoms with Gasteiger partial charge in [0, 0.05) is 24.8 Å². The van der Waals surface area contributed by atoms with Crippen LogP contribution in [0.4, 0.5) is 5.69 Å². The highest BCUT2D eigenvalue weighted by Crippen LogP contribution is 2.35. The minimum Gasteiger partial charge on any atom is -0.309 e. The molecule has 3 aromatic rings. The maximum atomic E-state index is 13.5. The summed E-state index contributed by atoms with van der Waals surface area (Å²) in [5.74, 6) is -0.284. The predicted molar refractivity (Wildman–Crippen MR) is 123 cm³/mol. The summed E-state index contributed by atoms with van der Waals surface area (Å²) >= 11 is 0. The third-order valence-electron chi connectivity index (χ3n) is 6.54. The first kappa shape index (κ1) is 20.2.